The van der Waals surface area contributed by atoms with E-state index in [1.54, 1.807) is 0 Å². The zero-order chi connectivity index (χ0) is 26.3. The van der Waals surface area contributed by atoms with Gasteiger partial charge in [-0.3, -0.25) is 4.79 Å². The van der Waals surface area contributed by atoms with Crippen LogP contribution in [0.25, 0.3) is 5.69 Å². The van der Waals surface area contributed by atoms with Crippen LogP contribution in [0.4, 0.5) is 14.5 Å². The van der Waals surface area contributed by atoms with Gasteiger partial charge in [0.25, 0.3) is 0 Å². The lowest BCUT2D eigenvalue weighted by Crippen LogP contribution is -2.50. The summed E-state index contributed by atoms with van der Waals surface area (Å²) >= 11 is 0. The van der Waals surface area contributed by atoms with Crippen molar-refractivity contribution in [2.75, 3.05) is 31.1 Å². The lowest BCUT2D eigenvalue weighted by molar-refractivity contribution is 0.209. The van der Waals surface area contributed by atoms with Crippen LogP contribution in [0.5, 0.6) is 5.75 Å². The summed E-state index contributed by atoms with van der Waals surface area (Å²) in [7, 11) is -1.14. The first-order valence-corrected chi connectivity index (χ1v) is 13.4. The minimum absolute atomic E-state index is 0.0148. The highest BCUT2D eigenvalue weighted by Crippen LogP contribution is 2.31. The molecule has 1 fully saturated rings. The second-order valence-corrected chi connectivity index (χ2v) is 12.6. The fraction of sp³-hybridized carbons (Fsp3) is 0.407. The van der Waals surface area contributed by atoms with Crippen LogP contribution in [-0.2, 0) is 23.8 Å². The van der Waals surface area contributed by atoms with Gasteiger partial charge in [-0.2, -0.15) is 9.78 Å². The third-order valence-corrected chi connectivity index (χ3v) is 8.52. The maximum absolute atomic E-state index is 13.9. The Labute approximate surface area is 217 Å². The molecule has 1 aromatic heterocycles. The van der Waals surface area contributed by atoms with Gasteiger partial charge in [0.15, 0.2) is 0 Å². The molecule has 7 nitrogen and oxygen atoms in total. The maximum atomic E-state index is 13.9. The molecule has 10 heteroatoms. The highest BCUT2D eigenvalue weighted by molar-refractivity contribution is 7.84. The average Bonchev–Trinajstić information content (AvgIpc) is 3.26. The average molecular weight is 529 g/mol. The van der Waals surface area contributed by atoms with E-state index in [-0.39, 0.29) is 22.3 Å². The summed E-state index contributed by atoms with van der Waals surface area (Å²) in [6, 6.07) is 10.9. The molecule has 2 aliphatic rings. The first-order valence-electron chi connectivity index (χ1n) is 12.3. The zero-order valence-corrected chi connectivity index (χ0v) is 21.9. The molecule has 196 valence electrons. The highest BCUT2D eigenvalue weighted by Gasteiger charge is 2.32. The maximum Gasteiger partial charge on any atom is 0.316 e. The van der Waals surface area contributed by atoms with Gasteiger partial charge < -0.3 is 9.64 Å². The van der Waals surface area contributed by atoms with Gasteiger partial charge in [0.05, 0.1) is 27.6 Å². The molecule has 0 radical (unpaired) electrons. The molecule has 1 saturated heterocycles. The molecule has 1 atom stereocenters. The molecule has 2 aromatic carbocycles. The van der Waals surface area contributed by atoms with E-state index < -0.39 is 28.2 Å². The quantitative estimate of drug-likeness (QED) is 0.506. The number of aromatic nitrogens is 2. The number of fused-ring (bicyclic) bond motifs is 1. The Hall–Kier alpha value is -3.11. The topological polar surface area (TPSA) is 67.7 Å². The Balaban J connectivity index is 1.47. The normalized spacial score (nSPS) is 17.6. The summed E-state index contributed by atoms with van der Waals surface area (Å²) in [4.78, 5) is 15.7. The van der Waals surface area contributed by atoms with Gasteiger partial charge in [0.2, 0.25) is 5.75 Å². The Morgan fingerprint density at radius 3 is 2.14 bits per heavy atom. The van der Waals surface area contributed by atoms with Crippen LogP contribution in [0.2, 0.25) is 0 Å². The number of anilines is 1. The number of hydrogen-bond donors (Lipinski definition) is 0. The SMILES string of the molecule is CC(C)(C)S(=O)N1CCN(c2cnn(-c3cc(F)cc(F)c3)c(=O)c2OC2Cc3ccccc3C2)CC1. The molecule has 2 heterocycles. The highest BCUT2D eigenvalue weighted by atomic mass is 32.2. The van der Waals surface area contributed by atoms with Crippen LogP contribution in [0, 0.1) is 11.6 Å². The number of hydrogen-bond acceptors (Lipinski definition) is 5. The lowest BCUT2D eigenvalue weighted by Gasteiger charge is -2.38. The van der Waals surface area contributed by atoms with Crippen molar-refractivity contribution in [2.45, 2.75) is 44.5 Å². The second-order valence-electron chi connectivity index (χ2n) is 10.4. The standard InChI is InChI=1S/C27H30F2N4O3S/c1-27(2,3)37(35)32-10-8-31(9-11-32)24-17-30-33(22-15-20(28)14-21(29)16-22)26(34)25(24)36-23-12-18-6-4-5-7-19(18)13-23/h4-7,14-17,23H,8-13H2,1-3H3. The summed E-state index contributed by atoms with van der Waals surface area (Å²) in [6.45, 7) is 8.00. The molecule has 3 aromatic rings. The van der Waals surface area contributed by atoms with E-state index in [1.807, 2.05) is 42.1 Å². The lowest BCUT2D eigenvalue weighted by atomic mass is 10.1. The van der Waals surface area contributed by atoms with Gasteiger partial charge >= 0.3 is 5.56 Å². The third kappa shape index (κ3) is 5.31. The molecule has 0 saturated carbocycles. The van der Waals surface area contributed by atoms with E-state index in [4.69, 9.17) is 4.74 Å². The molecule has 0 N–H and O–H groups in total. The molecule has 37 heavy (non-hydrogen) atoms. The van der Waals surface area contributed by atoms with E-state index >= 15 is 0 Å². The van der Waals surface area contributed by atoms with Gasteiger partial charge in [-0.1, -0.05) is 24.3 Å². The van der Waals surface area contributed by atoms with Gasteiger partial charge in [-0.25, -0.2) is 17.3 Å². The summed E-state index contributed by atoms with van der Waals surface area (Å²) < 4.78 is 49.6. The number of piperazine rings is 1. The van der Waals surface area contributed by atoms with E-state index in [1.165, 1.54) is 17.3 Å². The molecule has 1 unspecified atom stereocenters. The van der Waals surface area contributed by atoms with Crippen LogP contribution in [0.1, 0.15) is 31.9 Å². The summed E-state index contributed by atoms with van der Waals surface area (Å²) in [5.41, 5.74) is 2.27. The Morgan fingerprint density at radius 2 is 1.57 bits per heavy atom. The third-order valence-electron chi connectivity index (χ3n) is 6.64. The van der Waals surface area contributed by atoms with Crippen molar-refractivity contribution in [3.8, 4) is 11.4 Å². The van der Waals surface area contributed by atoms with E-state index in [0.29, 0.717) is 44.7 Å². The molecule has 0 amide bonds. The van der Waals surface area contributed by atoms with Crippen LogP contribution in [0.15, 0.2) is 53.5 Å². The Morgan fingerprint density at radius 1 is 0.973 bits per heavy atom. The molecular weight excluding hydrogens is 498 g/mol. The van der Waals surface area contributed by atoms with Crippen LogP contribution < -0.4 is 15.2 Å². The predicted octanol–water partition coefficient (Wildman–Crippen LogP) is 3.64. The summed E-state index contributed by atoms with van der Waals surface area (Å²) in [5, 5.41) is 4.25. The monoisotopic (exact) mass is 528 g/mol. The van der Waals surface area contributed by atoms with Gasteiger partial charge in [-0.15, -0.1) is 0 Å². The van der Waals surface area contributed by atoms with Crippen molar-refractivity contribution < 1.29 is 17.7 Å². The van der Waals surface area contributed by atoms with Crippen LogP contribution >= 0.6 is 0 Å². The number of ether oxygens (including phenoxy) is 1. The van der Waals surface area contributed by atoms with Crippen molar-refractivity contribution >= 4 is 16.7 Å². The number of nitrogens with zero attached hydrogens (tertiary/aromatic N) is 4. The van der Waals surface area contributed by atoms with Gasteiger partial charge in [-0.05, 0) is 44.0 Å². The van der Waals surface area contributed by atoms with Gasteiger partial charge in [0, 0.05) is 45.1 Å². The van der Waals surface area contributed by atoms with Crippen molar-refractivity contribution in [2.24, 2.45) is 0 Å². The van der Waals surface area contributed by atoms with Crippen LogP contribution in [0.3, 0.4) is 0 Å². The minimum atomic E-state index is -1.14. The van der Waals surface area contributed by atoms with Crippen molar-refractivity contribution in [1.29, 1.82) is 0 Å². The summed E-state index contributed by atoms with van der Waals surface area (Å²) in [6.07, 6.45) is 2.57. The molecule has 5 rings (SSSR count). The van der Waals surface area contributed by atoms with Crippen LogP contribution in [-0.4, -0.2) is 55.3 Å². The molecule has 0 bridgehead atoms. The molecule has 0 spiro atoms. The predicted molar refractivity (Wildman–Crippen MR) is 140 cm³/mol. The first kappa shape index (κ1) is 25.5. The van der Waals surface area contributed by atoms with E-state index in [9.17, 15) is 17.8 Å². The molecule has 1 aliphatic heterocycles. The van der Waals surface area contributed by atoms with Crippen molar-refractivity contribution in [1.82, 2.24) is 14.1 Å². The summed E-state index contributed by atoms with van der Waals surface area (Å²) in [5.74, 6) is -1.50. The fourth-order valence-corrected chi connectivity index (χ4v) is 6.13. The van der Waals surface area contributed by atoms with E-state index in [2.05, 4.69) is 17.2 Å². The number of rotatable bonds is 5. The first-order chi connectivity index (χ1) is 17.6. The fourth-order valence-electron chi connectivity index (χ4n) is 4.86. The smallest absolute Gasteiger partial charge is 0.316 e. The zero-order valence-electron chi connectivity index (χ0n) is 21.1. The molecule has 1 aliphatic carbocycles. The largest absolute Gasteiger partial charge is 0.482 e. The number of halogens is 2. The second kappa shape index (κ2) is 9.98. The van der Waals surface area contributed by atoms with Crippen molar-refractivity contribution in [3.05, 3.63) is 81.8 Å². The van der Waals surface area contributed by atoms with E-state index in [0.717, 1.165) is 22.9 Å². The Bertz CT molecular complexity index is 1350. The van der Waals surface area contributed by atoms with Gasteiger partial charge in [0.1, 0.15) is 23.4 Å². The molecular formula is C27H30F2N4O3S. The van der Waals surface area contributed by atoms with Crippen molar-refractivity contribution in [3.63, 3.8) is 0 Å². The Kier molecular flexibility index (Phi) is 6.89. The minimum Gasteiger partial charge on any atom is -0.482 e. The number of benzene rings is 2.